The van der Waals surface area contributed by atoms with Crippen LogP contribution < -0.4 is 0 Å². The maximum Gasteiger partial charge on any atom is 0.179 e. The molecule has 0 amide bonds. The van der Waals surface area contributed by atoms with E-state index >= 15 is 0 Å². The van der Waals surface area contributed by atoms with Crippen LogP contribution in [0.5, 0.6) is 0 Å². The van der Waals surface area contributed by atoms with Crippen LogP contribution >= 0.6 is 11.6 Å². The minimum absolute atomic E-state index is 0.00949. The molecule has 5 heteroatoms. The molecule has 1 heterocycles. The van der Waals surface area contributed by atoms with Gasteiger partial charge in [-0.3, -0.25) is 9.59 Å². The molecule has 3 saturated carbocycles. The van der Waals surface area contributed by atoms with Crippen LogP contribution in [0.15, 0.2) is 23.8 Å². The highest BCUT2D eigenvalue weighted by molar-refractivity contribution is 6.29. The normalized spacial score (nSPS) is 55.1. The molecule has 5 aliphatic rings. The first kappa shape index (κ1) is 18.1. The fraction of sp³-hybridized carbons (Fsp3) is 0.727. The maximum absolute atomic E-state index is 12.7. The summed E-state index contributed by atoms with van der Waals surface area (Å²) >= 11 is 5.90. The lowest BCUT2D eigenvalue weighted by atomic mass is 9.47. The van der Waals surface area contributed by atoms with Crippen LogP contribution in [0.25, 0.3) is 0 Å². The number of halogens is 1. The van der Waals surface area contributed by atoms with Crippen molar-refractivity contribution < 1.29 is 19.4 Å². The summed E-state index contributed by atoms with van der Waals surface area (Å²) < 4.78 is 6.46. The molecule has 4 fully saturated rings. The van der Waals surface area contributed by atoms with Crippen LogP contribution in [0.1, 0.15) is 46.5 Å². The molecule has 1 unspecified atom stereocenters. The number of ketones is 2. The van der Waals surface area contributed by atoms with E-state index in [-0.39, 0.29) is 52.3 Å². The standard InChI is InChI=1S/C22H27ClO4/c1-12-8-16-15-5-4-13-9-14(24)6-7-19(13,2)22(15)18(27-22)10-20(16,3)21(12,26)17(25)11-23/h6-7,9,12,15-16,18,26H,4-5,8,10-11H2,1-3H3/t12?,15-,16-,18-,19-,20-,21-,22+/m0/s1. The molecule has 1 saturated heterocycles. The summed E-state index contributed by atoms with van der Waals surface area (Å²) in [5.41, 5.74) is -1.29. The number of carbonyl (C=O) groups excluding carboxylic acids is 2. The monoisotopic (exact) mass is 390 g/mol. The van der Waals surface area contributed by atoms with Crippen molar-refractivity contribution in [3.63, 3.8) is 0 Å². The molecular weight excluding hydrogens is 364 g/mol. The van der Waals surface area contributed by atoms with Gasteiger partial charge in [-0.25, -0.2) is 0 Å². The molecule has 1 N–H and O–H groups in total. The van der Waals surface area contributed by atoms with Gasteiger partial charge in [-0.2, -0.15) is 0 Å². The summed E-state index contributed by atoms with van der Waals surface area (Å²) in [6, 6.07) is 0. The van der Waals surface area contributed by atoms with E-state index < -0.39 is 11.0 Å². The second-order valence-electron chi connectivity index (χ2n) is 9.84. The van der Waals surface area contributed by atoms with Gasteiger partial charge in [0.25, 0.3) is 0 Å². The predicted molar refractivity (Wildman–Crippen MR) is 101 cm³/mol. The van der Waals surface area contributed by atoms with Gasteiger partial charge in [0.1, 0.15) is 11.2 Å². The number of hydrogen-bond acceptors (Lipinski definition) is 4. The minimum atomic E-state index is -1.38. The van der Waals surface area contributed by atoms with Gasteiger partial charge in [0.2, 0.25) is 0 Å². The third kappa shape index (κ3) is 1.79. The van der Waals surface area contributed by atoms with Crippen LogP contribution in [-0.4, -0.2) is 39.9 Å². The summed E-state index contributed by atoms with van der Waals surface area (Å²) in [6.45, 7) is 6.26. The number of Topliss-reactive ketones (excluding diaryl/α,β-unsaturated/α-hetero) is 1. The number of hydrogen-bond donors (Lipinski definition) is 1. The molecule has 27 heavy (non-hydrogen) atoms. The molecule has 1 spiro atoms. The van der Waals surface area contributed by atoms with E-state index in [9.17, 15) is 14.7 Å². The van der Waals surface area contributed by atoms with Crippen LogP contribution in [0.4, 0.5) is 0 Å². The van der Waals surface area contributed by atoms with Crippen molar-refractivity contribution in [1.29, 1.82) is 0 Å². The number of epoxide rings is 1. The minimum Gasteiger partial charge on any atom is -0.381 e. The topological polar surface area (TPSA) is 66.9 Å². The van der Waals surface area contributed by atoms with Gasteiger partial charge in [0.05, 0.1) is 12.0 Å². The quantitative estimate of drug-likeness (QED) is 0.580. The number of ether oxygens (including phenoxy) is 1. The molecule has 8 atom stereocenters. The molecule has 4 nitrogen and oxygen atoms in total. The Hall–Kier alpha value is -0.970. The summed E-state index contributed by atoms with van der Waals surface area (Å²) in [6.07, 6.45) is 8.83. The predicted octanol–water partition coefficient (Wildman–Crippen LogP) is 3.21. The second-order valence-corrected chi connectivity index (χ2v) is 10.1. The first-order chi connectivity index (χ1) is 12.6. The van der Waals surface area contributed by atoms with E-state index in [1.54, 1.807) is 12.2 Å². The smallest absolute Gasteiger partial charge is 0.179 e. The molecule has 146 valence electrons. The lowest BCUT2D eigenvalue weighted by Crippen LogP contribution is -2.62. The second kappa shape index (κ2) is 5.14. The number of aliphatic hydroxyl groups is 1. The third-order valence-corrected chi connectivity index (χ3v) is 9.30. The highest BCUT2D eigenvalue weighted by atomic mass is 35.5. The zero-order chi connectivity index (χ0) is 19.4. The van der Waals surface area contributed by atoms with Gasteiger partial charge in [-0.1, -0.05) is 25.5 Å². The molecule has 4 aliphatic carbocycles. The lowest BCUT2D eigenvalue weighted by Gasteiger charge is -2.55. The Kier molecular flexibility index (Phi) is 3.44. The zero-order valence-electron chi connectivity index (χ0n) is 16.1. The van der Waals surface area contributed by atoms with E-state index in [2.05, 4.69) is 13.8 Å². The Morgan fingerprint density at radius 3 is 2.81 bits per heavy atom. The van der Waals surface area contributed by atoms with Crippen molar-refractivity contribution in [3.05, 3.63) is 23.8 Å². The molecule has 0 bridgehead atoms. The van der Waals surface area contributed by atoms with Gasteiger partial charge in [0, 0.05) is 10.8 Å². The number of rotatable bonds is 2. The summed E-state index contributed by atoms with van der Waals surface area (Å²) in [4.78, 5) is 24.7. The van der Waals surface area contributed by atoms with E-state index in [1.165, 1.54) is 5.57 Å². The van der Waals surface area contributed by atoms with Gasteiger partial charge in [-0.15, -0.1) is 11.6 Å². The Morgan fingerprint density at radius 1 is 1.37 bits per heavy atom. The summed E-state index contributed by atoms with van der Waals surface area (Å²) in [7, 11) is 0. The van der Waals surface area contributed by atoms with E-state index in [0.29, 0.717) is 6.42 Å². The summed E-state index contributed by atoms with van der Waals surface area (Å²) in [5, 5.41) is 11.6. The van der Waals surface area contributed by atoms with Crippen LogP contribution in [0, 0.1) is 28.6 Å². The van der Waals surface area contributed by atoms with Crippen LogP contribution in [0.2, 0.25) is 0 Å². The number of carbonyl (C=O) groups is 2. The third-order valence-electron chi connectivity index (χ3n) is 9.06. The number of alkyl halides is 1. The van der Waals surface area contributed by atoms with E-state index in [0.717, 1.165) is 19.3 Å². The first-order valence-electron chi connectivity index (χ1n) is 10.1. The average molecular weight is 391 g/mol. The van der Waals surface area contributed by atoms with Gasteiger partial charge >= 0.3 is 0 Å². The van der Waals surface area contributed by atoms with E-state index in [4.69, 9.17) is 16.3 Å². The first-order valence-corrected chi connectivity index (χ1v) is 10.6. The fourth-order valence-corrected chi connectivity index (χ4v) is 7.88. The number of fused-ring (bicyclic) bond motifs is 3. The molecule has 0 radical (unpaired) electrons. The molecular formula is C22H27ClO4. The Labute approximate surface area is 165 Å². The molecule has 5 rings (SSSR count). The SMILES string of the molecule is CC1C[C@H]2[C@@H]3CCC4=CC(=O)C=C[C@]4(C)[C@@]34O[C@H]4C[C@]2(C)[C@@]1(O)C(=O)CCl. The highest BCUT2D eigenvalue weighted by Crippen LogP contribution is 2.76. The fourth-order valence-electron chi connectivity index (χ4n) is 7.68. The molecule has 0 aromatic carbocycles. The van der Waals surface area contributed by atoms with Gasteiger partial charge in [-0.05, 0) is 62.5 Å². The molecule has 0 aromatic heterocycles. The van der Waals surface area contributed by atoms with Crippen molar-refractivity contribution in [3.8, 4) is 0 Å². The van der Waals surface area contributed by atoms with Gasteiger partial charge in [0.15, 0.2) is 11.6 Å². The van der Waals surface area contributed by atoms with Crippen molar-refractivity contribution >= 4 is 23.2 Å². The Balaban J connectivity index is 1.60. The van der Waals surface area contributed by atoms with E-state index in [1.807, 2.05) is 13.0 Å². The van der Waals surface area contributed by atoms with Crippen LogP contribution in [0.3, 0.4) is 0 Å². The van der Waals surface area contributed by atoms with Crippen molar-refractivity contribution in [2.24, 2.45) is 28.6 Å². The molecule has 0 aromatic rings. The van der Waals surface area contributed by atoms with Crippen molar-refractivity contribution in [2.75, 3.05) is 5.88 Å². The zero-order valence-corrected chi connectivity index (χ0v) is 16.9. The Bertz CT molecular complexity index is 817. The maximum atomic E-state index is 12.7. The van der Waals surface area contributed by atoms with Crippen molar-refractivity contribution in [2.45, 2.75) is 63.8 Å². The molecule has 1 aliphatic heterocycles. The highest BCUT2D eigenvalue weighted by Gasteiger charge is 2.81. The van der Waals surface area contributed by atoms with Crippen LogP contribution in [-0.2, 0) is 14.3 Å². The largest absolute Gasteiger partial charge is 0.381 e. The summed E-state index contributed by atoms with van der Waals surface area (Å²) in [5.74, 6) is 0.0439. The lowest BCUT2D eigenvalue weighted by molar-refractivity contribution is -0.160. The van der Waals surface area contributed by atoms with Gasteiger partial charge < -0.3 is 9.84 Å². The number of allylic oxidation sites excluding steroid dienone is 2. The van der Waals surface area contributed by atoms with Crippen molar-refractivity contribution in [1.82, 2.24) is 0 Å². The average Bonchev–Trinajstić information content (AvgIpc) is 3.31. The Morgan fingerprint density at radius 2 is 2.11 bits per heavy atom.